The normalized spacial score (nSPS) is 32.8. The molecule has 2 rings (SSSR count). The molecule has 0 spiro atoms. The number of aliphatic hydroxyl groups excluding tert-OH is 1. The monoisotopic (exact) mass is 214 g/mol. The zero-order valence-corrected chi connectivity index (χ0v) is 8.22. The fourth-order valence-electron chi connectivity index (χ4n) is 1.91. The number of carboxylic acid groups (broad SMARTS) is 1. The molecule has 2 atom stereocenters. The first kappa shape index (κ1) is 10.4. The van der Waals surface area contributed by atoms with E-state index >= 15 is 0 Å². The number of aliphatic hydroxyl groups is 1. The van der Waals surface area contributed by atoms with Gasteiger partial charge in [0, 0.05) is 13.0 Å². The van der Waals surface area contributed by atoms with Crippen molar-refractivity contribution in [2.24, 2.45) is 5.73 Å². The van der Waals surface area contributed by atoms with Gasteiger partial charge in [0.25, 0.3) is 0 Å². The van der Waals surface area contributed by atoms with E-state index in [-0.39, 0.29) is 18.9 Å². The van der Waals surface area contributed by atoms with E-state index in [1.807, 2.05) is 0 Å². The quantitative estimate of drug-likeness (QED) is 0.520. The molecule has 4 N–H and O–H groups in total. The zero-order valence-electron chi connectivity index (χ0n) is 8.22. The summed E-state index contributed by atoms with van der Waals surface area (Å²) < 4.78 is 0. The number of nitrogens with zero attached hydrogens (tertiary/aromatic N) is 1. The SMILES string of the molecule is NC1(C(=O)N2C[C@H](O)C[C@@H]2C(=O)O)CC1. The summed E-state index contributed by atoms with van der Waals surface area (Å²) in [6.45, 7) is 0.0781. The standard InChI is InChI=1S/C9H14N2O4/c10-9(1-2-9)8(15)11-4-5(12)3-6(11)7(13)14/h5-6,12H,1-4,10H2,(H,13,14)/t5-,6-/m1/s1. The summed E-state index contributed by atoms with van der Waals surface area (Å²) in [4.78, 5) is 23.9. The molecule has 0 aromatic carbocycles. The van der Waals surface area contributed by atoms with Crippen molar-refractivity contribution in [3.63, 3.8) is 0 Å². The molecule has 2 fully saturated rings. The lowest BCUT2D eigenvalue weighted by Crippen LogP contribution is -2.50. The smallest absolute Gasteiger partial charge is 0.326 e. The third kappa shape index (κ3) is 1.70. The van der Waals surface area contributed by atoms with Crippen LogP contribution in [0.15, 0.2) is 0 Å². The number of carboxylic acids is 1. The summed E-state index contributed by atoms with van der Waals surface area (Å²) in [5, 5.41) is 18.2. The van der Waals surface area contributed by atoms with Gasteiger partial charge in [-0.2, -0.15) is 0 Å². The van der Waals surface area contributed by atoms with Crippen LogP contribution < -0.4 is 5.73 Å². The number of nitrogens with two attached hydrogens (primary N) is 1. The minimum Gasteiger partial charge on any atom is -0.480 e. The highest BCUT2D eigenvalue weighted by atomic mass is 16.4. The van der Waals surface area contributed by atoms with E-state index in [2.05, 4.69) is 0 Å². The Hall–Kier alpha value is -1.14. The summed E-state index contributed by atoms with van der Waals surface area (Å²) in [7, 11) is 0. The van der Waals surface area contributed by atoms with Crippen molar-refractivity contribution in [1.29, 1.82) is 0 Å². The predicted molar refractivity (Wildman–Crippen MR) is 49.9 cm³/mol. The van der Waals surface area contributed by atoms with Gasteiger partial charge in [-0.15, -0.1) is 0 Å². The lowest BCUT2D eigenvalue weighted by atomic mass is 10.2. The molecule has 1 aliphatic carbocycles. The molecule has 15 heavy (non-hydrogen) atoms. The van der Waals surface area contributed by atoms with Crippen LogP contribution in [0.4, 0.5) is 0 Å². The highest BCUT2D eigenvalue weighted by molar-refractivity contribution is 5.92. The maximum Gasteiger partial charge on any atom is 0.326 e. The molecule has 2 aliphatic rings. The Labute approximate surface area is 86.7 Å². The van der Waals surface area contributed by atoms with Gasteiger partial charge >= 0.3 is 5.97 Å². The van der Waals surface area contributed by atoms with Crippen molar-refractivity contribution >= 4 is 11.9 Å². The molecule has 0 radical (unpaired) electrons. The number of β-amino-alcohol motifs (C(OH)–C–C–N with tert-alkyl or cyclic N) is 1. The molecule has 6 nitrogen and oxygen atoms in total. The molecule has 1 amide bonds. The molecule has 0 aromatic rings. The fraction of sp³-hybridized carbons (Fsp3) is 0.778. The first-order valence-corrected chi connectivity index (χ1v) is 4.95. The maximum atomic E-state index is 11.8. The van der Waals surface area contributed by atoms with Crippen LogP contribution in [0.5, 0.6) is 0 Å². The van der Waals surface area contributed by atoms with Crippen LogP contribution in [0.2, 0.25) is 0 Å². The Bertz CT molecular complexity index is 313. The lowest BCUT2D eigenvalue weighted by molar-refractivity contribution is -0.149. The molecule has 84 valence electrons. The number of aliphatic carboxylic acids is 1. The van der Waals surface area contributed by atoms with E-state index < -0.39 is 23.7 Å². The summed E-state index contributed by atoms with van der Waals surface area (Å²) in [6, 6.07) is -0.923. The van der Waals surface area contributed by atoms with Crippen molar-refractivity contribution in [1.82, 2.24) is 4.90 Å². The predicted octanol–water partition coefficient (Wildman–Crippen LogP) is -1.48. The van der Waals surface area contributed by atoms with Crippen LogP contribution in [-0.4, -0.2) is 51.2 Å². The van der Waals surface area contributed by atoms with E-state index in [0.717, 1.165) is 0 Å². The van der Waals surface area contributed by atoms with Crippen LogP contribution in [0.1, 0.15) is 19.3 Å². The Morgan fingerprint density at radius 3 is 2.47 bits per heavy atom. The molecular formula is C9H14N2O4. The molecule has 0 aromatic heterocycles. The van der Waals surface area contributed by atoms with Gasteiger partial charge in [-0.1, -0.05) is 0 Å². The second kappa shape index (κ2) is 3.18. The van der Waals surface area contributed by atoms with E-state index in [1.54, 1.807) is 0 Å². The fourth-order valence-corrected chi connectivity index (χ4v) is 1.91. The van der Waals surface area contributed by atoms with E-state index in [0.29, 0.717) is 12.8 Å². The number of carbonyl (C=O) groups excluding carboxylic acids is 1. The molecule has 1 heterocycles. The van der Waals surface area contributed by atoms with Crippen molar-refractivity contribution in [3.05, 3.63) is 0 Å². The number of hydrogen-bond acceptors (Lipinski definition) is 4. The zero-order chi connectivity index (χ0) is 11.2. The first-order valence-electron chi connectivity index (χ1n) is 4.95. The average Bonchev–Trinajstić information content (AvgIpc) is 2.77. The maximum absolute atomic E-state index is 11.8. The minimum absolute atomic E-state index is 0.0781. The van der Waals surface area contributed by atoms with Gasteiger partial charge in [0.2, 0.25) is 5.91 Å². The molecule has 1 saturated heterocycles. The second-order valence-electron chi connectivity index (χ2n) is 4.36. The van der Waals surface area contributed by atoms with E-state index in [4.69, 9.17) is 10.8 Å². The van der Waals surface area contributed by atoms with Gasteiger partial charge in [-0.3, -0.25) is 4.79 Å². The average molecular weight is 214 g/mol. The molecule has 1 aliphatic heterocycles. The highest BCUT2D eigenvalue weighted by Crippen LogP contribution is 2.36. The van der Waals surface area contributed by atoms with Gasteiger partial charge in [-0.05, 0) is 12.8 Å². The summed E-state index contributed by atoms with van der Waals surface area (Å²) in [6.07, 6.45) is 0.546. The van der Waals surface area contributed by atoms with E-state index in [9.17, 15) is 14.7 Å². The molecule has 0 unspecified atom stereocenters. The van der Waals surface area contributed by atoms with Gasteiger partial charge in [-0.25, -0.2) is 4.79 Å². The highest BCUT2D eigenvalue weighted by Gasteiger charge is 2.52. The minimum atomic E-state index is -1.08. The Morgan fingerprint density at radius 2 is 2.00 bits per heavy atom. The first-order chi connectivity index (χ1) is 6.94. The molecule has 0 bridgehead atoms. The van der Waals surface area contributed by atoms with Crippen LogP contribution in [0.25, 0.3) is 0 Å². The van der Waals surface area contributed by atoms with Gasteiger partial charge in [0.05, 0.1) is 11.6 Å². The summed E-state index contributed by atoms with van der Waals surface area (Å²) in [5.41, 5.74) is 4.85. The second-order valence-corrected chi connectivity index (χ2v) is 4.36. The van der Waals surface area contributed by atoms with Crippen LogP contribution in [0, 0.1) is 0 Å². The summed E-state index contributed by atoms with van der Waals surface area (Å²) in [5.74, 6) is -1.42. The van der Waals surface area contributed by atoms with Crippen molar-refractivity contribution in [2.75, 3.05) is 6.54 Å². The van der Waals surface area contributed by atoms with Gasteiger partial charge in [0.1, 0.15) is 6.04 Å². The topological polar surface area (TPSA) is 104 Å². The number of amides is 1. The lowest BCUT2D eigenvalue weighted by Gasteiger charge is -2.24. The summed E-state index contributed by atoms with van der Waals surface area (Å²) >= 11 is 0. The molecular weight excluding hydrogens is 200 g/mol. The van der Waals surface area contributed by atoms with E-state index in [1.165, 1.54) is 4.90 Å². The van der Waals surface area contributed by atoms with Crippen LogP contribution in [0.3, 0.4) is 0 Å². The Balaban J connectivity index is 2.13. The molecule has 6 heteroatoms. The Morgan fingerprint density at radius 1 is 1.40 bits per heavy atom. The number of rotatable bonds is 2. The van der Waals surface area contributed by atoms with Crippen LogP contribution in [-0.2, 0) is 9.59 Å². The van der Waals surface area contributed by atoms with Gasteiger partial charge < -0.3 is 20.8 Å². The van der Waals surface area contributed by atoms with Gasteiger partial charge in [0.15, 0.2) is 0 Å². The number of likely N-dealkylation sites (tertiary alicyclic amines) is 1. The third-order valence-corrected chi connectivity index (χ3v) is 3.04. The van der Waals surface area contributed by atoms with Crippen molar-refractivity contribution < 1.29 is 19.8 Å². The largest absolute Gasteiger partial charge is 0.480 e. The third-order valence-electron chi connectivity index (χ3n) is 3.04. The van der Waals surface area contributed by atoms with Crippen molar-refractivity contribution in [3.8, 4) is 0 Å². The Kier molecular flexibility index (Phi) is 2.20. The molecule has 1 saturated carbocycles. The van der Waals surface area contributed by atoms with Crippen molar-refractivity contribution in [2.45, 2.75) is 36.9 Å². The number of carbonyl (C=O) groups is 2. The number of hydrogen-bond donors (Lipinski definition) is 3. The van der Waals surface area contributed by atoms with Crippen LogP contribution >= 0.6 is 0 Å².